The number of nitrogens with one attached hydrogen (secondary N) is 1. The molecule has 0 bridgehead atoms. The van der Waals surface area contributed by atoms with Crippen LogP contribution in [0.5, 0.6) is 0 Å². The molecule has 1 saturated carbocycles. The molecule has 2 aromatic rings. The molecule has 2 N–H and O–H groups in total. The number of nitrogens with zero attached hydrogens (tertiary/aromatic N) is 2. The van der Waals surface area contributed by atoms with Crippen LogP contribution in [0, 0.1) is 11.8 Å². The van der Waals surface area contributed by atoms with Crippen LogP contribution >= 0.6 is 11.3 Å². The van der Waals surface area contributed by atoms with Crippen LogP contribution < -0.4 is 10.2 Å². The average molecular weight is 540 g/mol. The Kier molecular flexibility index (Phi) is 10.4. The van der Waals surface area contributed by atoms with E-state index in [4.69, 9.17) is 9.90 Å². The molecule has 2 fully saturated rings. The molecule has 4 rings (SSSR count). The fourth-order valence-corrected chi connectivity index (χ4v) is 5.70. The SMILES string of the molecule is CN(C)c1ccc(-c2csc(C(=O)NCC3CCN(CC4CCCCC4)C3)c2)cc1.O=C(O)C(F)(F)F. The van der Waals surface area contributed by atoms with Crippen molar-refractivity contribution in [3.05, 3.63) is 40.6 Å². The summed E-state index contributed by atoms with van der Waals surface area (Å²) < 4.78 is 31.7. The van der Waals surface area contributed by atoms with E-state index in [1.54, 1.807) is 0 Å². The lowest BCUT2D eigenvalue weighted by molar-refractivity contribution is -0.192. The number of thiophene rings is 1. The van der Waals surface area contributed by atoms with Gasteiger partial charge in [-0.15, -0.1) is 11.3 Å². The van der Waals surface area contributed by atoms with Crippen molar-refractivity contribution in [3.8, 4) is 11.1 Å². The van der Waals surface area contributed by atoms with Crippen molar-refractivity contribution in [1.29, 1.82) is 0 Å². The first-order valence-electron chi connectivity index (χ1n) is 12.7. The zero-order chi connectivity index (χ0) is 27.0. The Labute approximate surface area is 220 Å². The standard InChI is InChI=1S/C25H35N3OS.C2HF3O2/c1-27(2)23-10-8-21(9-11-23)22-14-24(30-18-22)25(29)26-15-20-12-13-28(17-20)16-19-6-4-3-5-7-19;3-2(4,5)1(6)7/h8-11,14,18-20H,3-7,12-13,15-17H2,1-2H3,(H,26,29);(H,6,7). The first kappa shape index (κ1) is 29.0. The van der Waals surface area contributed by atoms with Crippen molar-refractivity contribution < 1.29 is 27.9 Å². The molecule has 37 heavy (non-hydrogen) atoms. The predicted molar refractivity (Wildman–Crippen MR) is 141 cm³/mol. The maximum Gasteiger partial charge on any atom is 0.490 e. The van der Waals surface area contributed by atoms with Crippen molar-refractivity contribution in [2.75, 3.05) is 45.2 Å². The average Bonchev–Trinajstić information content (AvgIpc) is 3.53. The van der Waals surface area contributed by atoms with Crippen LogP contribution in [0.2, 0.25) is 0 Å². The molecule has 204 valence electrons. The summed E-state index contributed by atoms with van der Waals surface area (Å²) >= 11 is 1.54. The molecule has 1 aliphatic heterocycles. The van der Waals surface area contributed by atoms with Crippen LogP contribution in [0.1, 0.15) is 48.2 Å². The summed E-state index contributed by atoms with van der Waals surface area (Å²) in [7, 11) is 4.09. The summed E-state index contributed by atoms with van der Waals surface area (Å²) in [5.41, 5.74) is 3.46. The molecule has 0 radical (unpaired) electrons. The Balaban J connectivity index is 0.000000479. The molecule has 1 atom stereocenters. The topological polar surface area (TPSA) is 72.9 Å². The number of carboxylic acid groups (broad SMARTS) is 1. The normalized spacial score (nSPS) is 18.7. The van der Waals surface area contributed by atoms with E-state index < -0.39 is 12.1 Å². The molecule has 0 spiro atoms. The molecule has 2 aliphatic rings. The van der Waals surface area contributed by atoms with Crippen molar-refractivity contribution in [2.45, 2.75) is 44.7 Å². The molecule has 1 amide bonds. The number of aliphatic carboxylic acids is 1. The summed E-state index contributed by atoms with van der Waals surface area (Å²) in [5, 5.41) is 12.4. The minimum atomic E-state index is -5.08. The highest BCUT2D eigenvalue weighted by atomic mass is 32.1. The Bertz CT molecular complexity index is 1020. The van der Waals surface area contributed by atoms with Gasteiger partial charge in [-0.25, -0.2) is 4.79 Å². The van der Waals surface area contributed by atoms with Gasteiger partial charge in [-0.3, -0.25) is 4.79 Å². The highest BCUT2D eigenvalue weighted by Gasteiger charge is 2.38. The Morgan fingerprint density at radius 3 is 2.30 bits per heavy atom. The van der Waals surface area contributed by atoms with Gasteiger partial charge in [0.1, 0.15) is 0 Å². The number of amides is 1. The van der Waals surface area contributed by atoms with Crippen molar-refractivity contribution >= 4 is 28.9 Å². The van der Waals surface area contributed by atoms with Gasteiger partial charge in [-0.1, -0.05) is 31.4 Å². The van der Waals surface area contributed by atoms with Gasteiger partial charge in [0.15, 0.2) is 0 Å². The van der Waals surface area contributed by atoms with Crippen LogP contribution in [0.25, 0.3) is 11.1 Å². The predicted octanol–water partition coefficient (Wildman–Crippen LogP) is 5.75. The number of carbonyl (C=O) groups excluding carboxylic acids is 1. The van der Waals surface area contributed by atoms with Crippen LogP contribution in [-0.4, -0.2) is 68.3 Å². The third kappa shape index (κ3) is 9.03. The number of benzene rings is 1. The van der Waals surface area contributed by atoms with Crippen molar-refractivity contribution in [2.24, 2.45) is 11.8 Å². The van der Waals surface area contributed by atoms with E-state index in [0.29, 0.717) is 5.92 Å². The number of halogens is 3. The molecule has 1 aromatic carbocycles. The van der Waals surface area contributed by atoms with E-state index >= 15 is 0 Å². The van der Waals surface area contributed by atoms with E-state index in [2.05, 4.69) is 44.8 Å². The number of anilines is 1. The first-order chi connectivity index (χ1) is 17.5. The monoisotopic (exact) mass is 539 g/mol. The zero-order valence-electron chi connectivity index (χ0n) is 21.4. The van der Waals surface area contributed by atoms with Gasteiger partial charge in [0.2, 0.25) is 0 Å². The number of rotatable bonds is 7. The second-order valence-corrected chi connectivity index (χ2v) is 11.0. The highest BCUT2D eigenvalue weighted by molar-refractivity contribution is 7.12. The molecule has 1 saturated heterocycles. The number of carbonyl (C=O) groups is 2. The third-order valence-corrected chi connectivity index (χ3v) is 7.87. The first-order valence-corrected chi connectivity index (χ1v) is 13.6. The smallest absolute Gasteiger partial charge is 0.475 e. The molecular formula is C27H36F3N3O3S. The van der Waals surface area contributed by atoms with Gasteiger partial charge >= 0.3 is 12.1 Å². The van der Waals surface area contributed by atoms with E-state index in [1.807, 2.05) is 20.2 Å². The van der Waals surface area contributed by atoms with Gasteiger partial charge in [0.25, 0.3) is 5.91 Å². The second-order valence-electron chi connectivity index (χ2n) is 10.1. The number of alkyl halides is 3. The molecule has 1 unspecified atom stereocenters. The summed E-state index contributed by atoms with van der Waals surface area (Å²) in [6, 6.07) is 10.5. The van der Waals surface area contributed by atoms with Gasteiger partial charge in [0.05, 0.1) is 4.88 Å². The van der Waals surface area contributed by atoms with Crippen LogP contribution in [0.3, 0.4) is 0 Å². The summed E-state index contributed by atoms with van der Waals surface area (Å²) in [4.78, 5) is 27.1. The minimum absolute atomic E-state index is 0.0712. The summed E-state index contributed by atoms with van der Waals surface area (Å²) in [6.45, 7) is 4.41. The number of carboxylic acids is 1. The summed E-state index contributed by atoms with van der Waals surface area (Å²) in [6.07, 6.45) is 3.21. The number of likely N-dealkylation sites (tertiary alicyclic amines) is 1. The van der Waals surface area contributed by atoms with E-state index in [0.717, 1.165) is 35.0 Å². The third-order valence-electron chi connectivity index (χ3n) is 6.95. The quantitative estimate of drug-likeness (QED) is 0.469. The van der Waals surface area contributed by atoms with Gasteiger partial charge in [-0.05, 0) is 72.3 Å². The van der Waals surface area contributed by atoms with Gasteiger partial charge < -0.3 is 20.2 Å². The minimum Gasteiger partial charge on any atom is -0.475 e. The van der Waals surface area contributed by atoms with Crippen LogP contribution in [-0.2, 0) is 4.79 Å². The number of hydrogen-bond donors (Lipinski definition) is 2. The lowest BCUT2D eigenvalue weighted by Gasteiger charge is -2.26. The second kappa shape index (κ2) is 13.3. The molecule has 6 nitrogen and oxygen atoms in total. The molecule has 10 heteroatoms. The lowest BCUT2D eigenvalue weighted by atomic mass is 9.89. The Morgan fingerprint density at radius 2 is 1.70 bits per heavy atom. The highest BCUT2D eigenvalue weighted by Crippen LogP contribution is 2.28. The molecular weight excluding hydrogens is 503 g/mol. The van der Waals surface area contributed by atoms with Crippen molar-refractivity contribution in [3.63, 3.8) is 0 Å². The maximum atomic E-state index is 12.7. The maximum absolute atomic E-state index is 12.7. The molecule has 1 aliphatic carbocycles. The fraction of sp³-hybridized carbons (Fsp3) is 0.556. The van der Waals surface area contributed by atoms with Gasteiger partial charge in [-0.2, -0.15) is 13.2 Å². The lowest BCUT2D eigenvalue weighted by Crippen LogP contribution is -2.32. The van der Waals surface area contributed by atoms with Crippen molar-refractivity contribution in [1.82, 2.24) is 10.2 Å². The van der Waals surface area contributed by atoms with E-state index in [9.17, 15) is 18.0 Å². The van der Waals surface area contributed by atoms with E-state index in [-0.39, 0.29) is 5.91 Å². The Morgan fingerprint density at radius 1 is 1.05 bits per heavy atom. The van der Waals surface area contributed by atoms with E-state index in [1.165, 1.54) is 68.6 Å². The molecule has 2 heterocycles. The largest absolute Gasteiger partial charge is 0.490 e. The summed E-state index contributed by atoms with van der Waals surface area (Å²) in [5.74, 6) is -1.19. The van der Waals surface area contributed by atoms with Gasteiger partial charge in [0, 0.05) is 39.4 Å². The number of hydrogen-bond acceptors (Lipinski definition) is 5. The molecule has 1 aromatic heterocycles. The Hall–Kier alpha value is -2.59. The van der Waals surface area contributed by atoms with Crippen LogP contribution in [0.4, 0.5) is 18.9 Å². The fourth-order valence-electron chi connectivity index (χ4n) is 4.86. The van der Waals surface area contributed by atoms with Crippen LogP contribution in [0.15, 0.2) is 35.7 Å². The zero-order valence-corrected chi connectivity index (χ0v) is 22.2.